The van der Waals surface area contributed by atoms with Crippen molar-refractivity contribution in [2.24, 2.45) is 0 Å². The van der Waals surface area contributed by atoms with Crippen LogP contribution in [0.1, 0.15) is 21.5 Å². The number of halogens is 1. The molecule has 1 atom stereocenters. The maximum atomic E-state index is 13.2. The van der Waals surface area contributed by atoms with Gasteiger partial charge in [-0.05, 0) is 35.7 Å². The van der Waals surface area contributed by atoms with Gasteiger partial charge in [-0.3, -0.25) is 9.59 Å². The summed E-state index contributed by atoms with van der Waals surface area (Å²) in [7, 11) is 1.53. The second-order valence-electron chi connectivity index (χ2n) is 6.29. The number of nitrogens with zero attached hydrogens (tertiary/aromatic N) is 1. The van der Waals surface area contributed by atoms with Crippen molar-refractivity contribution in [3.05, 3.63) is 68.8 Å². The molecule has 1 aliphatic rings. The van der Waals surface area contributed by atoms with Gasteiger partial charge in [0.1, 0.15) is 5.58 Å². The van der Waals surface area contributed by atoms with Crippen LogP contribution in [0.5, 0.6) is 0 Å². The van der Waals surface area contributed by atoms with E-state index >= 15 is 0 Å². The molecular weight excluding hydrogens is 402 g/mol. The van der Waals surface area contributed by atoms with Gasteiger partial charge in [-0.15, -0.1) is 11.3 Å². The fourth-order valence-electron chi connectivity index (χ4n) is 3.31. The van der Waals surface area contributed by atoms with Crippen molar-refractivity contribution < 1.29 is 23.8 Å². The number of amides is 1. The van der Waals surface area contributed by atoms with E-state index in [0.29, 0.717) is 16.0 Å². The minimum atomic E-state index is -0.688. The Morgan fingerprint density at radius 2 is 2.18 bits per heavy atom. The lowest BCUT2D eigenvalue weighted by Gasteiger charge is -2.25. The average molecular weight is 418 g/mol. The van der Waals surface area contributed by atoms with Crippen LogP contribution in [-0.2, 0) is 9.53 Å². The zero-order valence-electron chi connectivity index (χ0n) is 14.8. The number of ketones is 1. The largest absolute Gasteiger partial charge is 0.503 e. The molecule has 144 valence electrons. The first-order valence-electron chi connectivity index (χ1n) is 8.51. The van der Waals surface area contributed by atoms with E-state index in [1.807, 2.05) is 17.5 Å². The number of hydrogen-bond acceptors (Lipinski definition) is 6. The summed E-state index contributed by atoms with van der Waals surface area (Å²) in [6.07, 6.45) is 0. The van der Waals surface area contributed by atoms with Crippen molar-refractivity contribution in [1.29, 1.82) is 0 Å². The van der Waals surface area contributed by atoms with Crippen molar-refractivity contribution in [2.75, 3.05) is 20.3 Å². The van der Waals surface area contributed by atoms with Crippen molar-refractivity contribution >= 4 is 45.6 Å². The number of hydrogen-bond donors (Lipinski definition) is 1. The third-order valence-corrected chi connectivity index (χ3v) is 5.76. The molecule has 28 heavy (non-hydrogen) atoms. The smallest absolute Gasteiger partial charge is 0.290 e. The first-order chi connectivity index (χ1) is 13.5. The van der Waals surface area contributed by atoms with Gasteiger partial charge in [-0.25, -0.2) is 0 Å². The molecule has 1 aromatic carbocycles. The topological polar surface area (TPSA) is 80.0 Å². The van der Waals surface area contributed by atoms with Gasteiger partial charge in [0.2, 0.25) is 5.78 Å². The van der Waals surface area contributed by atoms with Gasteiger partial charge in [0.25, 0.3) is 5.91 Å². The number of carbonyl (C=O) groups excluding carboxylic acids is 2. The predicted molar refractivity (Wildman–Crippen MR) is 106 cm³/mol. The number of furan rings is 1. The lowest BCUT2D eigenvalue weighted by atomic mass is 10.0. The van der Waals surface area contributed by atoms with Crippen molar-refractivity contribution in [3.63, 3.8) is 0 Å². The molecule has 3 aromatic rings. The van der Waals surface area contributed by atoms with Crippen LogP contribution in [0.15, 0.2) is 57.5 Å². The van der Waals surface area contributed by atoms with Crippen LogP contribution in [0.25, 0.3) is 11.0 Å². The summed E-state index contributed by atoms with van der Waals surface area (Å²) >= 11 is 7.40. The molecule has 1 unspecified atom stereocenters. The number of carbonyl (C=O) groups is 2. The van der Waals surface area contributed by atoms with Gasteiger partial charge in [-0.1, -0.05) is 17.7 Å². The Morgan fingerprint density at radius 3 is 2.89 bits per heavy atom. The van der Waals surface area contributed by atoms with Gasteiger partial charge >= 0.3 is 0 Å². The van der Waals surface area contributed by atoms with E-state index in [4.69, 9.17) is 20.8 Å². The molecule has 2 aromatic heterocycles. The number of aliphatic hydroxyl groups is 1. The highest BCUT2D eigenvalue weighted by Crippen LogP contribution is 2.41. The van der Waals surface area contributed by atoms with E-state index in [0.717, 1.165) is 4.88 Å². The maximum Gasteiger partial charge on any atom is 0.290 e. The molecule has 0 saturated carbocycles. The van der Waals surface area contributed by atoms with Crippen molar-refractivity contribution in [2.45, 2.75) is 6.04 Å². The van der Waals surface area contributed by atoms with Crippen molar-refractivity contribution in [1.82, 2.24) is 4.90 Å². The molecule has 4 rings (SSSR count). The molecule has 0 bridgehead atoms. The zero-order valence-corrected chi connectivity index (χ0v) is 16.4. The summed E-state index contributed by atoms with van der Waals surface area (Å²) in [4.78, 5) is 28.1. The Morgan fingerprint density at radius 1 is 1.36 bits per heavy atom. The van der Waals surface area contributed by atoms with E-state index < -0.39 is 23.5 Å². The number of Topliss-reactive ketones (excluding diaryl/α,β-unsaturated/α-hetero) is 1. The SMILES string of the molecule is COCCN1C(=O)C(O)=C(C(=O)c2cc3cc(Cl)ccc3o2)C1c1cccs1. The van der Waals surface area contributed by atoms with Gasteiger partial charge in [0.05, 0.1) is 18.2 Å². The Balaban J connectivity index is 1.78. The molecule has 0 fully saturated rings. The lowest BCUT2D eigenvalue weighted by Crippen LogP contribution is -2.33. The second-order valence-corrected chi connectivity index (χ2v) is 7.71. The van der Waals surface area contributed by atoms with Gasteiger partial charge in [-0.2, -0.15) is 0 Å². The molecular formula is C20H16ClNO5S. The predicted octanol–water partition coefficient (Wildman–Crippen LogP) is 4.37. The summed E-state index contributed by atoms with van der Waals surface area (Å²) in [5.74, 6) is -1.64. The van der Waals surface area contributed by atoms with Crippen LogP contribution in [0, 0.1) is 0 Å². The second kappa shape index (κ2) is 7.43. The molecule has 0 aliphatic carbocycles. The molecule has 0 spiro atoms. The first-order valence-corrected chi connectivity index (χ1v) is 9.77. The fourth-order valence-corrected chi connectivity index (χ4v) is 4.33. The number of thiophene rings is 1. The molecule has 0 saturated heterocycles. The molecule has 1 N–H and O–H groups in total. The summed E-state index contributed by atoms with van der Waals surface area (Å²) in [6.45, 7) is 0.528. The van der Waals surface area contributed by atoms with Crippen LogP contribution in [0.2, 0.25) is 5.02 Å². The highest BCUT2D eigenvalue weighted by molar-refractivity contribution is 7.10. The van der Waals surface area contributed by atoms with Gasteiger partial charge in [0.15, 0.2) is 11.5 Å². The minimum absolute atomic E-state index is 0.00806. The number of aliphatic hydroxyl groups excluding tert-OH is 1. The zero-order chi connectivity index (χ0) is 19.8. The van der Waals surface area contributed by atoms with Gasteiger partial charge < -0.3 is 19.2 Å². The summed E-state index contributed by atoms with van der Waals surface area (Å²) in [6, 6.07) is 9.56. The van der Waals surface area contributed by atoms with E-state index in [-0.39, 0.29) is 24.5 Å². The Labute approximate surface area is 169 Å². The highest BCUT2D eigenvalue weighted by Gasteiger charge is 2.44. The minimum Gasteiger partial charge on any atom is -0.503 e. The maximum absolute atomic E-state index is 13.2. The van der Waals surface area contributed by atoms with E-state index in [1.165, 1.54) is 23.3 Å². The normalized spacial score (nSPS) is 17.1. The van der Waals surface area contributed by atoms with Crippen LogP contribution in [0.4, 0.5) is 0 Å². The van der Waals surface area contributed by atoms with Gasteiger partial charge in [0, 0.05) is 28.9 Å². The summed E-state index contributed by atoms with van der Waals surface area (Å²) in [5.41, 5.74) is 0.509. The molecule has 1 aliphatic heterocycles. The van der Waals surface area contributed by atoms with Crippen molar-refractivity contribution in [3.8, 4) is 0 Å². The van der Waals surface area contributed by atoms with Crippen LogP contribution < -0.4 is 0 Å². The third kappa shape index (κ3) is 3.11. The van der Waals surface area contributed by atoms with Crippen LogP contribution >= 0.6 is 22.9 Å². The fraction of sp³-hybridized carbons (Fsp3) is 0.200. The molecule has 3 heterocycles. The molecule has 0 radical (unpaired) electrons. The molecule has 6 nitrogen and oxygen atoms in total. The number of fused-ring (bicyclic) bond motifs is 1. The highest BCUT2D eigenvalue weighted by atomic mass is 35.5. The monoisotopic (exact) mass is 417 g/mol. The van der Waals surface area contributed by atoms with E-state index in [2.05, 4.69) is 0 Å². The third-order valence-electron chi connectivity index (χ3n) is 4.60. The Kier molecular flexibility index (Phi) is 4.97. The number of benzene rings is 1. The molecule has 8 heteroatoms. The lowest BCUT2D eigenvalue weighted by molar-refractivity contribution is -0.130. The Hall–Kier alpha value is -2.61. The number of ether oxygens (including phenoxy) is 1. The molecule has 1 amide bonds. The van der Waals surface area contributed by atoms with E-state index in [9.17, 15) is 14.7 Å². The standard InChI is InChI=1S/C20H16ClNO5S/c1-26-7-6-22-17(15-3-2-8-28-15)16(19(24)20(22)25)18(23)14-10-11-9-12(21)4-5-13(11)27-14/h2-5,8-10,17,24H,6-7H2,1H3. The number of rotatable bonds is 6. The quantitative estimate of drug-likeness (QED) is 0.602. The number of methoxy groups -OCH3 is 1. The van der Waals surface area contributed by atoms with Crippen LogP contribution in [0.3, 0.4) is 0 Å². The first kappa shape index (κ1) is 18.7. The summed E-state index contributed by atoms with van der Waals surface area (Å²) in [5, 5.41) is 13.6. The van der Waals surface area contributed by atoms with E-state index in [1.54, 1.807) is 24.3 Å². The van der Waals surface area contributed by atoms with Crippen LogP contribution in [-0.4, -0.2) is 42.0 Å². The summed E-state index contributed by atoms with van der Waals surface area (Å²) < 4.78 is 10.7. The Bertz CT molecular complexity index is 1090. The average Bonchev–Trinajstić information content (AvgIpc) is 3.39.